The molecule has 1 aliphatic heterocycles. The van der Waals surface area contributed by atoms with Gasteiger partial charge in [-0.05, 0) is 35.7 Å². The van der Waals surface area contributed by atoms with Crippen LogP contribution in [-0.4, -0.2) is 23.0 Å². The molecule has 0 aliphatic carbocycles. The van der Waals surface area contributed by atoms with Gasteiger partial charge in [-0.25, -0.2) is 4.79 Å². The largest absolute Gasteiger partial charge is 0.481 e. The molecule has 0 unspecified atom stereocenters. The molecule has 0 radical (unpaired) electrons. The van der Waals surface area contributed by atoms with Gasteiger partial charge in [0.15, 0.2) is 0 Å². The molecule has 1 saturated heterocycles. The standard InChI is InChI=1S/C19H15NO5S/c21-17-9-13(16-2-1-7-26-16)14(10-18(22)23)20(17)12-4-5-15-11(8-12)3-6-19(24)25-15/h1-8,13-14H,9-10H2,(H,22,23)/t13-,14+/m1/s1. The van der Waals surface area contributed by atoms with E-state index < -0.39 is 17.6 Å². The molecule has 1 aromatic carbocycles. The molecular formula is C19H15NO5S. The second-order valence-electron chi connectivity index (χ2n) is 6.23. The topological polar surface area (TPSA) is 87.8 Å². The molecule has 1 amide bonds. The van der Waals surface area contributed by atoms with Crippen LogP contribution >= 0.6 is 11.3 Å². The molecule has 0 bridgehead atoms. The Bertz CT molecular complexity index is 1040. The van der Waals surface area contributed by atoms with Gasteiger partial charge in [0.1, 0.15) is 5.58 Å². The van der Waals surface area contributed by atoms with Crippen LogP contribution in [0.25, 0.3) is 11.0 Å². The third-order valence-corrected chi connectivity index (χ3v) is 5.64. The van der Waals surface area contributed by atoms with Crippen molar-refractivity contribution in [2.45, 2.75) is 24.8 Å². The van der Waals surface area contributed by atoms with E-state index in [0.29, 0.717) is 16.7 Å². The molecule has 1 fully saturated rings. The number of hydrogen-bond acceptors (Lipinski definition) is 5. The number of anilines is 1. The average Bonchev–Trinajstić information content (AvgIpc) is 3.22. The quantitative estimate of drug-likeness (QED) is 0.714. The van der Waals surface area contributed by atoms with Crippen molar-refractivity contribution in [2.75, 3.05) is 4.90 Å². The van der Waals surface area contributed by atoms with Gasteiger partial charge in [-0.3, -0.25) is 9.59 Å². The number of fused-ring (bicyclic) bond motifs is 1. The SMILES string of the molecule is O=C(O)C[C@H]1[C@H](c2cccs2)CC(=O)N1c1ccc2oc(=O)ccc2c1. The van der Waals surface area contributed by atoms with Gasteiger partial charge >= 0.3 is 11.6 Å². The molecule has 1 aliphatic rings. The number of carbonyl (C=O) groups excluding carboxylic acids is 1. The van der Waals surface area contributed by atoms with Gasteiger partial charge in [-0.2, -0.15) is 0 Å². The summed E-state index contributed by atoms with van der Waals surface area (Å²) in [5.74, 6) is -1.20. The van der Waals surface area contributed by atoms with E-state index in [-0.39, 0.29) is 24.7 Å². The van der Waals surface area contributed by atoms with Gasteiger partial charge in [-0.15, -0.1) is 11.3 Å². The number of amides is 1. The predicted molar refractivity (Wildman–Crippen MR) is 97.7 cm³/mol. The second kappa shape index (κ2) is 6.42. The lowest BCUT2D eigenvalue weighted by atomic mass is 9.95. The molecule has 26 heavy (non-hydrogen) atoms. The highest BCUT2D eigenvalue weighted by Gasteiger charge is 2.42. The lowest BCUT2D eigenvalue weighted by molar-refractivity contribution is -0.137. The Morgan fingerprint density at radius 2 is 2.08 bits per heavy atom. The Morgan fingerprint density at radius 1 is 1.23 bits per heavy atom. The van der Waals surface area contributed by atoms with Crippen molar-refractivity contribution in [1.82, 2.24) is 0 Å². The molecule has 3 heterocycles. The first-order valence-corrected chi connectivity index (χ1v) is 9.02. The highest BCUT2D eigenvalue weighted by molar-refractivity contribution is 7.10. The number of carboxylic acid groups (broad SMARTS) is 1. The van der Waals surface area contributed by atoms with Gasteiger partial charge in [0.25, 0.3) is 0 Å². The van der Waals surface area contributed by atoms with E-state index in [1.807, 2.05) is 17.5 Å². The van der Waals surface area contributed by atoms with Crippen LogP contribution in [0.3, 0.4) is 0 Å². The third kappa shape index (κ3) is 2.90. The smallest absolute Gasteiger partial charge is 0.336 e. The first kappa shape index (κ1) is 16.5. The number of nitrogens with zero attached hydrogens (tertiary/aromatic N) is 1. The first-order chi connectivity index (χ1) is 12.5. The number of hydrogen-bond donors (Lipinski definition) is 1. The Balaban J connectivity index is 1.77. The molecule has 0 saturated carbocycles. The van der Waals surface area contributed by atoms with E-state index >= 15 is 0 Å². The van der Waals surface area contributed by atoms with Crippen molar-refractivity contribution in [2.24, 2.45) is 0 Å². The molecule has 4 rings (SSSR count). The molecule has 1 N–H and O–H groups in total. The minimum atomic E-state index is -0.942. The minimum Gasteiger partial charge on any atom is -0.481 e. The fourth-order valence-corrected chi connectivity index (χ4v) is 4.42. The predicted octanol–water partition coefficient (Wildman–Crippen LogP) is 3.22. The number of rotatable bonds is 4. The summed E-state index contributed by atoms with van der Waals surface area (Å²) in [7, 11) is 0. The van der Waals surface area contributed by atoms with E-state index in [2.05, 4.69) is 0 Å². The summed E-state index contributed by atoms with van der Waals surface area (Å²) in [6.07, 6.45) is 0.149. The Kier molecular flexibility index (Phi) is 4.08. The van der Waals surface area contributed by atoms with E-state index in [9.17, 15) is 19.5 Å². The van der Waals surface area contributed by atoms with Crippen LogP contribution in [0.1, 0.15) is 23.6 Å². The Labute approximate surface area is 152 Å². The zero-order chi connectivity index (χ0) is 18.3. The zero-order valence-corrected chi connectivity index (χ0v) is 14.4. The van der Waals surface area contributed by atoms with E-state index in [0.717, 1.165) is 4.88 Å². The summed E-state index contributed by atoms with van der Waals surface area (Å²) in [6.45, 7) is 0. The first-order valence-electron chi connectivity index (χ1n) is 8.14. The number of thiophene rings is 1. The molecular weight excluding hydrogens is 354 g/mol. The molecule has 0 spiro atoms. The fraction of sp³-hybridized carbons (Fsp3) is 0.211. The van der Waals surface area contributed by atoms with Gasteiger partial charge in [0, 0.05) is 34.4 Å². The monoisotopic (exact) mass is 369 g/mol. The molecule has 2 atom stereocenters. The minimum absolute atomic E-state index is 0.105. The van der Waals surface area contributed by atoms with Gasteiger partial charge in [-0.1, -0.05) is 6.07 Å². The van der Waals surface area contributed by atoms with Crippen molar-refractivity contribution in [3.8, 4) is 0 Å². The van der Waals surface area contributed by atoms with E-state index in [4.69, 9.17) is 4.42 Å². The highest BCUT2D eigenvalue weighted by atomic mass is 32.1. The summed E-state index contributed by atoms with van der Waals surface area (Å²) in [6, 6.07) is 11.4. The summed E-state index contributed by atoms with van der Waals surface area (Å²) in [4.78, 5) is 38.1. The Morgan fingerprint density at radius 3 is 2.81 bits per heavy atom. The van der Waals surface area contributed by atoms with Crippen molar-refractivity contribution >= 4 is 39.9 Å². The molecule has 7 heteroatoms. The van der Waals surface area contributed by atoms with E-state index in [1.165, 1.54) is 17.4 Å². The second-order valence-corrected chi connectivity index (χ2v) is 7.21. The van der Waals surface area contributed by atoms with Gasteiger partial charge < -0.3 is 14.4 Å². The lowest BCUT2D eigenvalue weighted by Gasteiger charge is -2.27. The van der Waals surface area contributed by atoms with Crippen LogP contribution in [0.2, 0.25) is 0 Å². The zero-order valence-electron chi connectivity index (χ0n) is 13.6. The van der Waals surface area contributed by atoms with Crippen LogP contribution in [0.5, 0.6) is 0 Å². The fourth-order valence-electron chi connectivity index (χ4n) is 3.54. The normalized spacial score (nSPS) is 20.0. The van der Waals surface area contributed by atoms with Gasteiger partial charge in [0.2, 0.25) is 5.91 Å². The van der Waals surface area contributed by atoms with Crippen molar-refractivity contribution < 1.29 is 19.1 Å². The van der Waals surface area contributed by atoms with Crippen LogP contribution in [0, 0.1) is 0 Å². The number of carbonyl (C=O) groups is 2. The highest BCUT2D eigenvalue weighted by Crippen LogP contribution is 2.41. The maximum absolute atomic E-state index is 12.7. The van der Waals surface area contributed by atoms with Crippen molar-refractivity contribution in [3.63, 3.8) is 0 Å². The maximum atomic E-state index is 12.7. The van der Waals surface area contributed by atoms with Gasteiger partial charge in [0.05, 0.1) is 12.5 Å². The molecule has 132 valence electrons. The molecule has 3 aromatic rings. The Hall–Kier alpha value is -2.93. The molecule has 2 aromatic heterocycles. The molecule has 6 nitrogen and oxygen atoms in total. The maximum Gasteiger partial charge on any atom is 0.336 e. The van der Waals surface area contributed by atoms with E-state index in [1.54, 1.807) is 29.2 Å². The third-order valence-electron chi connectivity index (χ3n) is 4.63. The summed E-state index contributed by atoms with van der Waals surface area (Å²) in [5.41, 5.74) is 0.600. The lowest BCUT2D eigenvalue weighted by Crippen LogP contribution is -2.36. The van der Waals surface area contributed by atoms with Crippen LogP contribution in [-0.2, 0) is 9.59 Å². The van der Waals surface area contributed by atoms with Crippen molar-refractivity contribution in [3.05, 3.63) is 63.1 Å². The van der Waals surface area contributed by atoms with Crippen molar-refractivity contribution in [1.29, 1.82) is 0 Å². The van der Waals surface area contributed by atoms with Crippen LogP contribution in [0.4, 0.5) is 5.69 Å². The summed E-state index contributed by atoms with van der Waals surface area (Å²) < 4.78 is 5.13. The number of aliphatic carboxylic acids is 1. The van der Waals surface area contributed by atoms with Crippen LogP contribution < -0.4 is 10.5 Å². The number of benzene rings is 1. The average molecular weight is 369 g/mol. The summed E-state index contributed by atoms with van der Waals surface area (Å²) >= 11 is 1.53. The summed E-state index contributed by atoms with van der Waals surface area (Å²) in [5, 5.41) is 12.0. The van der Waals surface area contributed by atoms with Crippen LogP contribution in [0.15, 0.2) is 57.1 Å². The number of carboxylic acids is 1.